The molecule has 0 spiro atoms. The fourth-order valence-electron chi connectivity index (χ4n) is 1.95. The number of rotatable bonds is 6. The normalized spacial score (nSPS) is 10.7. The predicted molar refractivity (Wildman–Crippen MR) is 92.7 cm³/mol. The summed E-state index contributed by atoms with van der Waals surface area (Å²) in [4.78, 5) is 20.8. The zero-order valence-corrected chi connectivity index (χ0v) is 14.3. The minimum atomic E-state index is 0. The van der Waals surface area contributed by atoms with E-state index in [4.69, 9.17) is 0 Å². The van der Waals surface area contributed by atoms with Gasteiger partial charge in [-0.3, -0.25) is 9.69 Å². The van der Waals surface area contributed by atoms with Gasteiger partial charge in [0, 0.05) is 19.5 Å². The van der Waals surface area contributed by atoms with Crippen molar-refractivity contribution in [2.75, 3.05) is 32.1 Å². The van der Waals surface area contributed by atoms with Crippen LogP contribution < -0.4 is 4.90 Å². The number of hydrogen-bond acceptors (Lipinski definition) is 4. The maximum Gasteiger partial charge on any atom is 0.228 e. The van der Waals surface area contributed by atoms with E-state index in [-0.39, 0.29) is 18.3 Å². The fourth-order valence-corrected chi connectivity index (χ4v) is 2.96. The van der Waals surface area contributed by atoms with Crippen molar-refractivity contribution >= 4 is 45.0 Å². The van der Waals surface area contributed by atoms with Crippen LogP contribution in [0.4, 0.5) is 5.13 Å². The van der Waals surface area contributed by atoms with Gasteiger partial charge in [-0.2, -0.15) is 0 Å². The quantitative estimate of drug-likeness (QED) is 0.815. The van der Waals surface area contributed by atoms with E-state index in [2.05, 4.69) is 9.88 Å². The number of nitrogens with zero attached hydrogens (tertiary/aromatic N) is 3. The Kier molecular flexibility index (Phi) is 7.08. The molecule has 4 nitrogen and oxygen atoms in total. The molecule has 0 radical (unpaired) electrons. The molecule has 2 rings (SSSR count). The zero-order chi connectivity index (χ0) is 14.5. The third kappa shape index (κ3) is 4.66. The van der Waals surface area contributed by atoms with Crippen LogP contribution in [-0.2, 0) is 4.79 Å². The molecule has 0 aliphatic heterocycles. The Morgan fingerprint density at radius 1 is 1.24 bits per heavy atom. The van der Waals surface area contributed by atoms with Gasteiger partial charge >= 0.3 is 0 Å². The number of thiazole rings is 1. The first-order chi connectivity index (χ1) is 9.61. The molecule has 0 fully saturated rings. The minimum absolute atomic E-state index is 0. The van der Waals surface area contributed by atoms with Crippen LogP contribution in [0.2, 0.25) is 0 Å². The molecule has 6 heteroatoms. The van der Waals surface area contributed by atoms with E-state index in [0.29, 0.717) is 13.0 Å². The summed E-state index contributed by atoms with van der Waals surface area (Å²) in [6, 6.07) is 8.01. The predicted octanol–water partition coefficient (Wildman–Crippen LogP) is 3.41. The number of benzene rings is 1. The third-order valence-corrected chi connectivity index (χ3v) is 4.11. The second-order valence-corrected chi connectivity index (χ2v) is 6.07. The molecule has 1 heterocycles. The summed E-state index contributed by atoms with van der Waals surface area (Å²) in [5, 5.41) is 0.812. The average molecular weight is 328 g/mol. The maximum absolute atomic E-state index is 12.3. The highest BCUT2D eigenvalue weighted by molar-refractivity contribution is 7.22. The molecule has 1 amide bonds. The molecule has 0 N–H and O–H groups in total. The molecule has 1 aromatic heterocycles. The summed E-state index contributed by atoms with van der Waals surface area (Å²) in [6.45, 7) is 3.55. The molecule has 21 heavy (non-hydrogen) atoms. The maximum atomic E-state index is 12.3. The Balaban J connectivity index is 0.00000220. The van der Waals surface area contributed by atoms with Crippen LogP contribution in [0.3, 0.4) is 0 Å². The Bertz CT molecular complexity index is 552. The van der Waals surface area contributed by atoms with Gasteiger partial charge < -0.3 is 4.90 Å². The number of para-hydroxylation sites is 1. The van der Waals surface area contributed by atoms with Crippen molar-refractivity contribution < 1.29 is 4.79 Å². The van der Waals surface area contributed by atoms with Crippen molar-refractivity contribution in [1.82, 2.24) is 9.88 Å². The largest absolute Gasteiger partial charge is 0.308 e. The molecule has 0 aliphatic carbocycles. The zero-order valence-electron chi connectivity index (χ0n) is 12.7. The van der Waals surface area contributed by atoms with Gasteiger partial charge in [0.15, 0.2) is 5.13 Å². The lowest BCUT2D eigenvalue weighted by atomic mass is 10.3. The van der Waals surface area contributed by atoms with Crippen molar-refractivity contribution in [3.8, 4) is 0 Å². The number of anilines is 1. The number of carbonyl (C=O) groups excluding carboxylic acids is 1. The van der Waals surface area contributed by atoms with Crippen LogP contribution in [0.1, 0.15) is 19.8 Å². The Labute approximate surface area is 136 Å². The van der Waals surface area contributed by atoms with Crippen LogP contribution in [0, 0.1) is 0 Å². The van der Waals surface area contributed by atoms with E-state index in [1.54, 1.807) is 11.3 Å². The summed E-state index contributed by atoms with van der Waals surface area (Å²) >= 11 is 1.59. The highest BCUT2D eigenvalue weighted by atomic mass is 35.5. The first-order valence-electron chi connectivity index (χ1n) is 6.92. The van der Waals surface area contributed by atoms with Gasteiger partial charge in [-0.05, 0) is 32.6 Å². The summed E-state index contributed by atoms with van der Waals surface area (Å²) in [5.74, 6) is 0.161. The summed E-state index contributed by atoms with van der Waals surface area (Å²) in [7, 11) is 4.03. The van der Waals surface area contributed by atoms with Gasteiger partial charge in [0.05, 0.1) is 10.2 Å². The van der Waals surface area contributed by atoms with Gasteiger partial charge in [0.2, 0.25) is 5.91 Å². The van der Waals surface area contributed by atoms with Gasteiger partial charge in [0.1, 0.15) is 0 Å². The third-order valence-electron chi connectivity index (χ3n) is 3.05. The van der Waals surface area contributed by atoms with Crippen LogP contribution in [0.15, 0.2) is 24.3 Å². The Morgan fingerprint density at radius 3 is 2.57 bits per heavy atom. The van der Waals surface area contributed by atoms with E-state index < -0.39 is 0 Å². The van der Waals surface area contributed by atoms with E-state index >= 15 is 0 Å². The van der Waals surface area contributed by atoms with Crippen molar-refractivity contribution in [2.45, 2.75) is 19.8 Å². The van der Waals surface area contributed by atoms with E-state index in [1.807, 2.05) is 50.2 Å². The van der Waals surface area contributed by atoms with Crippen molar-refractivity contribution in [1.29, 1.82) is 0 Å². The topological polar surface area (TPSA) is 36.4 Å². The van der Waals surface area contributed by atoms with Gasteiger partial charge in [-0.15, -0.1) is 12.4 Å². The molecule has 1 aromatic carbocycles. The fraction of sp³-hybridized carbons (Fsp3) is 0.467. The lowest BCUT2D eigenvalue weighted by molar-refractivity contribution is -0.118. The first-order valence-corrected chi connectivity index (χ1v) is 7.74. The number of carbonyl (C=O) groups is 1. The van der Waals surface area contributed by atoms with E-state index in [0.717, 1.165) is 28.3 Å². The standard InChI is InChI=1S/C15H21N3OS.ClH/c1-4-7-14(19)18(11-10-17(2)3)15-16-12-8-5-6-9-13(12)20-15;/h5-6,8-9H,4,7,10-11H2,1-3H3;1H. The van der Waals surface area contributed by atoms with Gasteiger partial charge in [-0.1, -0.05) is 30.4 Å². The second kappa shape index (κ2) is 8.32. The van der Waals surface area contributed by atoms with Crippen molar-refractivity contribution in [3.63, 3.8) is 0 Å². The number of aromatic nitrogens is 1. The van der Waals surface area contributed by atoms with Gasteiger partial charge in [0.25, 0.3) is 0 Å². The Morgan fingerprint density at radius 2 is 1.95 bits per heavy atom. The number of halogens is 1. The summed E-state index contributed by atoms with van der Waals surface area (Å²) < 4.78 is 1.13. The molecule has 0 unspecified atom stereocenters. The second-order valence-electron chi connectivity index (χ2n) is 5.06. The van der Waals surface area contributed by atoms with Crippen LogP contribution in [-0.4, -0.2) is 43.0 Å². The molecule has 0 saturated carbocycles. The van der Waals surface area contributed by atoms with Crippen molar-refractivity contribution in [3.05, 3.63) is 24.3 Å². The van der Waals surface area contributed by atoms with Crippen LogP contribution in [0.25, 0.3) is 10.2 Å². The number of fused-ring (bicyclic) bond motifs is 1. The molecule has 0 saturated heterocycles. The number of amides is 1. The highest BCUT2D eigenvalue weighted by Gasteiger charge is 2.18. The molecule has 0 aliphatic rings. The number of likely N-dealkylation sites (N-methyl/N-ethyl adjacent to an activating group) is 1. The smallest absolute Gasteiger partial charge is 0.228 e. The molecule has 2 aromatic rings. The molecule has 116 valence electrons. The first kappa shape index (κ1) is 17.9. The van der Waals surface area contributed by atoms with Crippen LogP contribution in [0.5, 0.6) is 0 Å². The lowest BCUT2D eigenvalue weighted by Gasteiger charge is -2.21. The lowest BCUT2D eigenvalue weighted by Crippen LogP contribution is -2.36. The molecular formula is C15H22ClN3OS. The Hall–Kier alpha value is -1.17. The molecule has 0 bridgehead atoms. The monoisotopic (exact) mass is 327 g/mol. The van der Waals surface area contributed by atoms with Crippen molar-refractivity contribution in [2.24, 2.45) is 0 Å². The highest BCUT2D eigenvalue weighted by Crippen LogP contribution is 2.28. The number of hydrogen-bond donors (Lipinski definition) is 0. The van der Waals surface area contributed by atoms with Crippen LogP contribution >= 0.6 is 23.7 Å². The average Bonchev–Trinajstić information content (AvgIpc) is 2.82. The van der Waals surface area contributed by atoms with E-state index in [1.165, 1.54) is 0 Å². The molecule has 0 atom stereocenters. The SMILES string of the molecule is CCCC(=O)N(CCN(C)C)c1nc2ccccc2s1.Cl. The summed E-state index contributed by atoms with van der Waals surface area (Å²) in [5.41, 5.74) is 0.964. The van der Waals surface area contributed by atoms with E-state index in [9.17, 15) is 4.79 Å². The van der Waals surface area contributed by atoms with Gasteiger partial charge in [-0.25, -0.2) is 4.98 Å². The molecular weight excluding hydrogens is 306 g/mol. The minimum Gasteiger partial charge on any atom is -0.308 e. The summed E-state index contributed by atoms with van der Waals surface area (Å²) in [6.07, 6.45) is 1.44.